The molecule has 0 radical (unpaired) electrons. The molecule has 0 atom stereocenters. The summed E-state index contributed by atoms with van der Waals surface area (Å²) in [5.74, 6) is -0.331. The highest BCUT2D eigenvalue weighted by molar-refractivity contribution is 5.97. The van der Waals surface area contributed by atoms with E-state index in [2.05, 4.69) is 10.6 Å². The van der Waals surface area contributed by atoms with Crippen LogP contribution in [0, 0.1) is 18.3 Å². The number of nitriles is 1. The lowest BCUT2D eigenvalue weighted by atomic mass is 10.2. The number of rotatable bonds is 4. The first-order valence-electron chi connectivity index (χ1n) is 7.14. The fraction of sp³-hybridized carbons (Fsp3) is 0.375. The average molecular weight is 284 g/mol. The smallest absolute Gasteiger partial charge is 0.263 e. The number of benzene rings is 1. The van der Waals surface area contributed by atoms with E-state index in [1.807, 2.05) is 31.2 Å². The third kappa shape index (κ3) is 3.99. The lowest BCUT2D eigenvalue weighted by Gasteiger charge is -2.11. The molecule has 1 saturated carbocycles. The number of carbonyl (C=O) groups excluding carboxylic acids is 1. The largest absolute Gasteiger partial charge is 0.397 e. The van der Waals surface area contributed by atoms with Gasteiger partial charge in [-0.15, -0.1) is 0 Å². The van der Waals surface area contributed by atoms with Crippen LogP contribution in [0.3, 0.4) is 0 Å². The van der Waals surface area contributed by atoms with Gasteiger partial charge in [0, 0.05) is 12.2 Å². The van der Waals surface area contributed by atoms with Crippen LogP contribution in [-0.2, 0) is 4.79 Å². The van der Waals surface area contributed by atoms with E-state index < -0.39 is 0 Å². The number of hydrogen-bond acceptors (Lipinski definition) is 4. The number of nitrogens with one attached hydrogen (secondary N) is 2. The molecule has 5 nitrogen and oxygen atoms in total. The van der Waals surface area contributed by atoms with Crippen LogP contribution in [-0.4, -0.2) is 11.9 Å². The molecule has 1 aliphatic rings. The molecule has 1 amide bonds. The SMILES string of the molecule is Cc1ccc(N/C=C(/C#N)C(=O)NC2CCCC2)c(N)c1. The van der Waals surface area contributed by atoms with E-state index >= 15 is 0 Å². The van der Waals surface area contributed by atoms with E-state index in [4.69, 9.17) is 11.0 Å². The Morgan fingerprint density at radius 2 is 2.14 bits per heavy atom. The average Bonchev–Trinajstić information content (AvgIpc) is 2.94. The molecule has 0 aromatic heterocycles. The zero-order valence-electron chi connectivity index (χ0n) is 12.1. The second-order valence-electron chi connectivity index (χ2n) is 5.36. The van der Waals surface area contributed by atoms with E-state index in [9.17, 15) is 4.79 Å². The van der Waals surface area contributed by atoms with Crippen LogP contribution in [0.15, 0.2) is 30.0 Å². The van der Waals surface area contributed by atoms with Crippen molar-refractivity contribution in [2.24, 2.45) is 0 Å². The Kier molecular flexibility index (Phi) is 4.83. The standard InChI is InChI=1S/C16H20N4O/c1-11-6-7-15(14(18)8-11)19-10-12(9-17)16(21)20-13-4-2-3-5-13/h6-8,10,13,19H,2-5,18H2,1H3,(H,20,21)/b12-10-. The summed E-state index contributed by atoms with van der Waals surface area (Å²) in [6, 6.07) is 7.69. The number of nitrogens with two attached hydrogens (primary N) is 1. The molecule has 0 heterocycles. The van der Waals surface area contributed by atoms with Gasteiger partial charge < -0.3 is 16.4 Å². The molecule has 1 aliphatic carbocycles. The van der Waals surface area contributed by atoms with Gasteiger partial charge in [0.1, 0.15) is 11.6 Å². The number of amides is 1. The van der Waals surface area contributed by atoms with Gasteiger partial charge in [-0.1, -0.05) is 18.9 Å². The minimum absolute atomic E-state index is 0.0573. The van der Waals surface area contributed by atoms with Crippen LogP contribution in [0.2, 0.25) is 0 Å². The van der Waals surface area contributed by atoms with Gasteiger partial charge in [0.15, 0.2) is 0 Å². The van der Waals surface area contributed by atoms with Gasteiger partial charge in [-0.25, -0.2) is 0 Å². The van der Waals surface area contributed by atoms with Gasteiger partial charge in [-0.3, -0.25) is 4.79 Å². The lowest BCUT2D eigenvalue weighted by molar-refractivity contribution is -0.117. The van der Waals surface area contributed by atoms with Crippen molar-refractivity contribution < 1.29 is 4.79 Å². The highest BCUT2D eigenvalue weighted by Gasteiger charge is 2.19. The van der Waals surface area contributed by atoms with E-state index in [1.54, 1.807) is 0 Å². The first-order chi connectivity index (χ1) is 10.1. The van der Waals surface area contributed by atoms with Crippen molar-refractivity contribution in [3.63, 3.8) is 0 Å². The number of nitrogen functional groups attached to an aromatic ring is 1. The number of carbonyl (C=O) groups is 1. The number of aryl methyl sites for hydroxylation is 1. The summed E-state index contributed by atoms with van der Waals surface area (Å²) in [6.45, 7) is 1.95. The van der Waals surface area contributed by atoms with Crippen LogP contribution in [0.1, 0.15) is 31.2 Å². The molecular formula is C16H20N4O. The van der Waals surface area contributed by atoms with Crippen molar-refractivity contribution in [3.05, 3.63) is 35.5 Å². The predicted octanol–water partition coefficient (Wildman–Crippen LogP) is 2.46. The molecule has 1 fully saturated rings. The van der Waals surface area contributed by atoms with Gasteiger partial charge in [-0.05, 0) is 37.5 Å². The maximum atomic E-state index is 12.0. The quantitative estimate of drug-likeness (QED) is 0.450. The molecule has 4 N–H and O–H groups in total. The Balaban J connectivity index is 2.02. The molecule has 0 aliphatic heterocycles. The monoisotopic (exact) mass is 284 g/mol. The first-order valence-corrected chi connectivity index (χ1v) is 7.14. The van der Waals surface area contributed by atoms with Crippen LogP contribution in [0.25, 0.3) is 0 Å². The first kappa shape index (κ1) is 14.9. The molecule has 110 valence electrons. The van der Waals surface area contributed by atoms with Gasteiger partial charge >= 0.3 is 0 Å². The fourth-order valence-corrected chi connectivity index (χ4v) is 2.45. The minimum atomic E-state index is -0.331. The second kappa shape index (κ2) is 6.80. The molecule has 0 bridgehead atoms. The molecule has 1 aromatic carbocycles. The van der Waals surface area contributed by atoms with Crippen LogP contribution < -0.4 is 16.4 Å². The number of hydrogen-bond donors (Lipinski definition) is 3. The van der Waals surface area contributed by atoms with Gasteiger partial charge in [0.25, 0.3) is 5.91 Å². The van der Waals surface area contributed by atoms with Crippen molar-refractivity contribution >= 4 is 17.3 Å². The Bertz CT molecular complexity index is 595. The van der Waals surface area contributed by atoms with E-state index in [0.717, 1.165) is 31.2 Å². The third-order valence-electron chi connectivity index (χ3n) is 3.63. The number of anilines is 2. The van der Waals surface area contributed by atoms with Gasteiger partial charge in [0.05, 0.1) is 11.4 Å². The second-order valence-corrected chi connectivity index (χ2v) is 5.36. The van der Waals surface area contributed by atoms with Crippen LogP contribution in [0.5, 0.6) is 0 Å². The predicted molar refractivity (Wildman–Crippen MR) is 83.3 cm³/mol. The summed E-state index contributed by atoms with van der Waals surface area (Å²) < 4.78 is 0. The highest BCUT2D eigenvalue weighted by atomic mass is 16.1. The molecule has 0 unspecified atom stereocenters. The van der Waals surface area contributed by atoms with Crippen molar-refractivity contribution in [1.82, 2.24) is 5.32 Å². The zero-order chi connectivity index (χ0) is 15.2. The normalized spacial score (nSPS) is 15.5. The molecule has 1 aromatic rings. The summed E-state index contributed by atoms with van der Waals surface area (Å²) in [5.41, 5.74) is 8.26. The Labute approximate surface area is 124 Å². The molecule has 21 heavy (non-hydrogen) atoms. The zero-order valence-corrected chi connectivity index (χ0v) is 12.1. The Morgan fingerprint density at radius 1 is 1.43 bits per heavy atom. The molecular weight excluding hydrogens is 264 g/mol. The molecule has 0 spiro atoms. The summed E-state index contributed by atoms with van der Waals surface area (Å²) in [6.07, 6.45) is 5.65. The van der Waals surface area contributed by atoms with Gasteiger partial charge in [-0.2, -0.15) is 5.26 Å². The van der Waals surface area contributed by atoms with Crippen molar-refractivity contribution in [1.29, 1.82) is 5.26 Å². The van der Waals surface area contributed by atoms with Crippen molar-refractivity contribution in [2.45, 2.75) is 38.6 Å². The summed E-state index contributed by atoms with van der Waals surface area (Å²) >= 11 is 0. The summed E-state index contributed by atoms with van der Waals surface area (Å²) in [7, 11) is 0. The lowest BCUT2D eigenvalue weighted by Crippen LogP contribution is -2.33. The van der Waals surface area contributed by atoms with E-state index in [0.29, 0.717) is 11.4 Å². The molecule has 5 heteroatoms. The Morgan fingerprint density at radius 3 is 2.76 bits per heavy atom. The third-order valence-corrected chi connectivity index (χ3v) is 3.63. The maximum absolute atomic E-state index is 12.0. The molecule has 2 rings (SSSR count). The Hall–Kier alpha value is -2.48. The minimum Gasteiger partial charge on any atom is -0.397 e. The number of nitrogens with zero attached hydrogens (tertiary/aromatic N) is 1. The van der Waals surface area contributed by atoms with Gasteiger partial charge in [0.2, 0.25) is 0 Å². The van der Waals surface area contributed by atoms with Crippen molar-refractivity contribution in [3.8, 4) is 6.07 Å². The van der Waals surface area contributed by atoms with Crippen LogP contribution >= 0.6 is 0 Å². The topological polar surface area (TPSA) is 90.9 Å². The fourth-order valence-electron chi connectivity index (χ4n) is 2.45. The van der Waals surface area contributed by atoms with E-state index in [-0.39, 0.29) is 17.5 Å². The van der Waals surface area contributed by atoms with E-state index in [1.165, 1.54) is 6.20 Å². The highest BCUT2D eigenvalue weighted by Crippen LogP contribution is 2.20. The van der Waals surface area contributed by atoms with Crippen LogP contribution in [0.4, 0.5) is 11.4 Å². The summed E-state index contributed by atoms with van der Waals surface area (Å²) in [5, 5.41) is 14.9. The summed E-state index contributed by atoms with van der Waals surface area (Å²) in [4.78, 5) is 12.0. The maximum Gasteiger partial charge on any atom is 0.263 e. The molecule has 0 saturated heterocycles. The van der Waals surface area contributed by atoms with Crippen molar-refractivity contribution in [2.75, 3.05) is 11.1 Å².